The molecule has 1 saturated carbocycles. The number of benzene rings is 1. The summed E-state index contributed by atoms with van der Waals surface area (Å²) in [4.78, 5) is 0. The van der Waals surface area contributed by atoms with Crippen molar-refractivity contribution in [2.45, 2.75) is 77.0 Å². The number of hydrogen-bond donors (Lipinski definition) is 0. The van der Waals surface area contributed by atoms with E-state index in [2.05, 4.69) is 43.0 Å². The molecule has 1 aromatic rings. The molecule has 0 amide bonds. The lowest BCUT2D eigenvalue weighted by atomic mass is 9.77. The molecule has 0 heterocycles. The normalized spacial score (nSPS) is 20.3. The minimum atomic E-state index is 0.726. The molecular weight excluding hydrogens is 278 g/mol. The molecule has 2 rings (SSSR count). The van der Waals surface area contributed by atoms with Gasteiger partial charge >= 0.3 is 0 Å². The second-order valence-electron chi connectivity index (χ2n) is 6.90. The van der Waals surface area contributed by atoms with Crippen molar-refractivity contribution < 1.29 is 0 Å². The van der Waals surface area contributed by atoms with Gasteiger partial charge in [0.25, 0.3) is 0 Å². The topological polar surface area (TPSA) is 23.8 Å². The average Bonchev–Trinajstić information content (AvgIpc) is 2.61. The van der Waals surface area contributed by atoms with Crippen LogP contribution in [0.15, 0.2) is 24.3 Å². The predicted octanol–water partition coefficient (Wildman–Crippen LogP) is 6.20. The van der Waals surface area contributed by atoms with Gasteiger partial charge in [-0.25, -0.2) is 0 Å². The molecule has 0 saturated heterocycles. The SMILES string of the molecule is CCCCCCCC1CCC(c2ccc(C#CC#N)cc2)CC1. The number of hydrogen-bond acceptors (Lipinski definition) is 1. The molecule has 0 bridgehead atoms. The van der Waals surface area contributed by atoms with Crippen molar-refractivity contribution in [2.24, 2.45) is 5.92 Å². The summed E-state index contributed by atoms with van der Waals surface area (Å²) in [5.74, 6) is 7.01. The van der Waals surface area contributed by atoms with Crippen LogP contribution in [-0.2, 0) is 0 Å². The smallest absolute Gasteiger partial charge is 0.152 e. The molecule has 0 unspecified atom stereocenters. The van der Waals surface area contributed by atoms with Crippen molar-refractivity contribution in [1.82, 2.24) is 0 Å². The molecule has 0 aliphatic heterocycles. The lowest BCUT2D eigenvalue weighted by Gasteiger charge is -2.29. The Morgan fingerprint density at radius 3 is 2.30 bits per heavy atom. The highest BCUT2D eigenvalue weighted by Crippen LogP contribution is 2.37. The van der Waals surface area contributed by atoms with Crippen LogP contribution in [0, 0.1) is 29.1 Å². The Morgan fingerprint density at radius 2 is 1.65 bits per heavy atom. The van der Waals surface area contributed by atoms with Crippen LogP contribution in [0.5, 0.6) is 0 Å². The van der Waals surface area contributed by atoms with Crippen molar-refractivity contribution in [1.29, 1.82) is 5.26 Å². The van der Waals surface area contributed by atoms with E-state index >= 15 is 0 Å². The van der Waals surface area contributed by atoms with E-state index in [4.69, 9.17) is 5.26 Å². The van der Waals surface area contributed by atoms with Crippen LogP contribution >= 0.6 is 0 Å². The monoisotopic (exact) mass is 307 g/mol. The van der Waals surface area contributed by atoms with E-state index < -0.39 is 0 Å². The second-order valence-corrected chi connectivity index (χ2v) is 6.90. The Labute approximate surface area is 142 Å². The van der Waals surface area contributed by atoms with Gasteiger partial charge in [0.2, 0.25) is 0 Å². The first-order chi connectivity index (χ1) is 11.3. The Balaban J connectivity index is 1.73. The lowest BCUT2D eigenvalue weighted by Crippen LogP contribution is -2.13. The number of nitrogens with zero attached hydrogens (tertiary/aromatic N) is 1. The van der Waals surface area contributed by atoms with Crippen LogP contribution in [-0.4, -0.2) is 0 Å². The number of nitriles is 1. The third-order valence-corrected chi connectivity index (χ3v) is 5.21. The molecule has 1 heteroatoms. The zero-order chi connectivity index (χ0) is 16.3. The summed E-state index contributed by atoms with van der Waals surface area (Å²) in [6.45, 7) is 2.28. The van der Waals surface area contributed by atoms with Crippen molar-refractivity contribution in [3.8, 4) is 17.9 Å². The highest BCUT2D eigenvalue weighted by molar-refractivity contribution is 5.39. The molecule has 0 spiro atoms. The first-order valence-electron chi connectivity index (χ1n) is 9.33. The lowest BCUT2D eigenvalue weighted by molar-refractivity contribution is 0.302. The summed E-state index contributed by atoms with van der Waals surface area (Å²) in [5, 5.41) is 8.49. The highest BCUT2D eigenvalue weighted by atomic mass is 14.3. The zero-order valence-electron chi connectivity index (χ0n) is 14.5. The van der Waals surface area contributed by atoms with Crippen LogP contribution in [0.4, 0.5) is 0 Å². The standard InChI is InChI=1S/C22H29N/c1-2-3-4-5-6-8-19-10-14-21(15-11-19)22-16-12-20(13-17-22)9-7-18-23/h12-13,16-17,19,21H,2-6,8,10-11,14-15H2,1H3. The van der Waals surface area contributed by atoms with Crippen LogP contribution in [0.1, 0.15) is 88.2 Å². The summed E-state index contributed by atoms with van der Waals surface area (Å²) >= 11 is 0. The minimum Gasteiger partial charge on any atom is -0.183 e. The highest BCUT2D eigenvalue weighted by Gasteiger charge is 2.21. The average molecular weight is 307 g/mol. The van der Waals surface area contributed by atoms with Gasteiger partial charge < -0.3 is 0 Å². The maximum atomic E-state index is 8.49. The van der Waals surface area contributed by atoms with Gasteiger partial charge in [0.1, 0.15) is 0 Å². The van der Waals surface area contributed by atoms with Gasteiger partial charge in [-0.05, 0) is 55.2 Å². The summed E-state index contributed by atoms with van der Waals surface area (Å²) in [6, 6.07) is 10.4. The van der Waals surface area contributed by atoms with Gasteiger partial charge in [-0.2, -0.15) is 5.26 Å². The molecular formula is C22H29N. The van der Waals surface area contributed by atoms with Crippen molar-refractivity contribution in [3.05, 3.63) is 35.4 Å². The largest absolute Gasteiger partial charge is 0.183 e. The Hall–Kier alpha value is -1.73. The quantitative estimate of drug-likeness (QED) is 0.435. The molecule has 0 aromatic heterocycles. The van der Waals surface area contributed by atoms with Gasteiger partial charge in [-0.1, -0.05) is 63.5 Å². The molecule has 0 N–H and O–H groups in total. The first kappa shape index (κ1) is 17.6. The van der Waals surface area contributed by atoms with E-state index in [1.165, 1.54) is 69.8 Å². The molecule has 1 aromatic carbocycles. The fourth-order valence-corrected chi connectivity index (χ4v) is 3.76. The van der Waals surface area contributed by atoms with E-state index in [1.54, 1.807) is 0 Å². The van der Waals surface area contributed by atoms with E-state index in [9.17, 15) is 0 Å². The molecule has 1 nitrogen and oxygen atoms in total. The molecule has 1 aliphatic rings. The molecule has 23 heavy (non-hydrogen) atoms. The Kier molecular flexibility index (Phi) is 7.75. The second kappa shape index (κ2) is 10.1. The molecule has 1 fully saturated rings. The zero-order valence-corrected chi connectivity index (χ0v) is 14.5. The van der Waals surface area contributed by atoms with Gasteiger partial charge in [0, 0.05) is 11.5 Å². The number of unbranched alkanes of at least 4 members (excludes halogenated alkanes) is 4. The van der Waals surface area contributed by atoms with Crippen LogP contribution in [0.2, 0.25) is 0 Å². The van der Waals surface area contributed by atoms with Crippen LogP contribution < -0.4 is 0 Å². The summed E-state index contributed by atoms with van der Waals surface area (Å²) in [5.41, 5.74) is 2.39. The maximum Gasteiger partial charge on any atom is 0.152 e. The Morgan fingerprint density at radius 1 is 0.957 bits per heavy atom. The third kappa shape index (κ3) is 6.11. The maximum absolute atomic E-state index is 8.49. The van der Waals surface area contributed by atoms with Gasteiger partial charge in [-0.3, -0.25) is 0 Å². The van der Waals surface area contributed by atoms with E-state index in [0.29, 0.717) is 0 Å². The van der Waals surface area contributed by atoms with Crippen molar-refractivity contribution in [2.75, 3.05) is 0 Å². The number of rotatable bonds is 7. The molecule has 1 aliphatic carbocycles. The van der Waals surface area contributed by atoms with E-state index in [0.717, 1.165) is 17.4 Å². The van der Waals surface area contributed by atoms with Gasteiger partial charge in [0.05, 0.1) is 0 Å². The summed E-state index contributed by atoms with van der Waals surface area (Å²) in [6.07, 6.45) is 13.9. The predicted molar refractivity (Wildman–Crippen MR) is 97.0 cm³/mol. The Bertz CT molecular complexity index is 544. The fraction of sp³-hybridized carbons (Fsp3) is 0.591. The fourth-order valence-electron chi connectivity index (χ4n) is 3.76. The van der Waals surface area contributed by atoms with Crippen LogP contribution in [0.25, 0.3) is 0 Å². The first-order valence-corrected chi connectivity index (χ1v) is 9.33. The molecule has 0 atom stereocenters. The summed E-state index contributed by atoms with van der Waals surface area (Å²) < 4.78 is 0. The minimum absolute atomic E-state index is 0.726. The van der Waals surface area contributed by atoms with E-state index in [1.807, 2.05) is 6.07 Å². The molecule has 122 valence electrons. The third-order valence-electron chi connectivity index (χ3n) is 5.21. The van der Waals surface area contributed by atoms with E-state index in [-0.39, 0.29) is 0 Å². The van der Waals surface area contributed by atoms with Crippen molar-refractivity contribution in [3.63, 3.8) is 0 Å². The van der Waals surface area contributed by atoms with Crippen molar-refractivity contribution >= 4 is 0 Å². The van der Waals surface area contributed by atoms with Crippen LogP contribution in [0.3, 0.4) is 0 Å². The van der Waals surface area contributed by atoms with Gasteiger partial charge in [0.15, 0.2) is 6.07 Å². The summed E-state index contributed by atoms with van der Waals surface area (Å²) in [7, 11) is 0. The van der Waals surface area contributed by atoms with Gasteiger partial charge in [-0.15, -0.1) is 0 Å². The molecule has 0 radical (unpaired) electrons.